The molecule has 1 unspecified atom stereocenters. The van der Waals surface area contributed by atoms with Crippen molar-refractivity contribution in [1.82, 2.24) is 15.2 Å². The first-order valence-corrected chi connectivity index (χ1v) is 7.69. The van der Waals surface area contributed by atoms with E-state index in [2.05, 4.69) is 17.2 Å². The van der Waals surface area contributed by atoms with Crippen LogP contribution in [0.3, 0.4) is 0 Å². The summed E-state index contributed by atoms with van der Waals surface area (Å²) in [6.45, 7) is 4.81. The number of nitrogens with zero attached hydrogens (tertiary/aromatic N) is 2. The van der Waals surface area contributed by atoms with Crippen molar-refractivity contribution >= 4 is 5.91 Å². The van der Waals surface area contributed by atoms with Crippen LogP contribution < -0.4 is 5.32 Å². The highest BCUT2D eigenvalue weighted by molar-refractivity contribution is 5.76. The number of carbonyl (C=O) groups excluding carboxylic acids is 1. The number of hydrogen-bond donors (Lipinski definition) is 1. The molecule has 0 spiro atoms. The molecule has 2 heterocycles. The third kappa shape index (κ3) is 4.60. The minimum atomic E-state index is 0.261. The van der Waals surface area contributed by atoms with Crippen LogP contribution in [0.2, 0.25) is 0 Å². The van der Waals surface area contributed by atoms with E-state index in [1.807, 2.05) is 17.0 Å². The van der Waals surface area contributed by atoms with Crippen molar-refractivity contribution in [3.8, 4) is 0 Å². The summed E-state index contributed by atoms with van der Waals surface area (Å²) in [6.07, 6.45) is 8.68. The zero-order chi connectivity index (χ0) is 14.2. The lowest BCUT2D eigenvalue weighted by molar-refractivity contribution is -0.131. The van der Waals surface area contributed by atoms with E-state index in [9.17, 15) is 4.79 Å². The van der Waals surface area contributed by atoms with Gasteiger partial charge in [0.05, 0.1) is 0 Å². The number of aromatic nitrogens is 1. The fourth-order valence-electron chi connectivity index (χ4n) is 2.71. The normalized spacial score (nSPS) is 18.8. The van der Waals surface area contributed by atoms with Gasteiger partial charge in [-0.25, -0.2) is 0 Å². The van der Waals surface area contributed by atoms with Crippen LogP contribution in [-0.2, 0) is 11.2 Å². The Morgan fingerprint density at radius 3 is 2.85 bits per heavy atom. The largest absolute Gasteiger partial charge is 0.341 e. The summed E-state index contributed by atoms with van der Waals surface area (Å²) in [5.74, 6) is 0.261. The number of nitrogens with one attached hydrogen (secondary N) is 1. The minimum Gasteiger partial charge on any atom is -0.341 e. The lowest BCUT2D eigenvalue weighted by atomic mass is 10.0. The van der Waals surface area contributed by atoms with Gasteiger partial charge in [0.2, 0.25) is 5.91 Å². The molecule has 1 aliphatic heterocycles. The first-order valence-electron chi connectivity index (χ1n) is 7.69. The summed E-state index contributed by atoms with van der Waals surface area (Å²) >= 11 is 0. The molecule has 4 nitrogen and oxygen atoms in total. The average Bonchev–Trinajstić information content (AvgIpc) is 2.52. The van der Waals surface area contributed by atoms with Gasteiger partial charge in [0, 0.05) is 37.9 Å². The van der Waals surface area contributed by atoms with E-state index in [1.165, 1.54) is 24.8 Å². The van der Waals surface area contributed by atoms with Crippen molar-refractivity contribution in [1.29, 1.82) is 0 Å². The van der Waals surface area contributed by atoms with Crippen LogP contribution in [0.15, 0.2) is 24.5 Å². The maximum Gasteiger partial charge on any atom is 0.222 e. The molecule has 0 bridgehead atoms. The molecule has 4 heteroatoms. The molecule has 1 fully saturated rings. The highest BCUT2D eigenvalue weighted by atomic mass is 16.2. The highest BCUT2D eigenvalue weighted by Gasteiger charge is 2.19. The minimum absolute atomic E-state index is 0.261. The van der Waals surface area contributed by atoms with Gasteiger partial charge in [-0.3, -0.25) is 9.78 Å². The molecular weight excluding hydrogens is 250 g/mol. The van der Waals surface area contributed by atoms with E-state index < -0.39 is 0 Å². The number of aryl methyl sites for hydroxylation is 1. The molecule has 1 aromatic heterocycles. The maximum atomic E-state index is 12.3. The van der Waals surface area contributed by atoms with E-state index in [0.29, 0.717) is 12.5 Å². The predicted molar refractivity (Wildman–Crippen MR) is 80.5 cm³/mol. The zero-order valence-corrected chi connectivity index (χ0v) is 12.3. The van der Waals surface area contributed by atoms with Crippen LogP contribution in [0.25, 0.3) is 0 Å². The summed E-state index contributed by atoms with van der Waals surface area (Å²) in [6, 6.07) is 4.44. The van der Waals surface area contributed by atoms with Crippen LogP contribution >= 0.6 is 0 Å². The van der Waals surface area contributed by atoms with Crippen molar-refractivity contribution in [2.24, 2.45) is 0 Å². The van der Waals surface area contributed by atoms with Gasteiger partial charge in [-0.05, 0) is 50.4 Å². The molecule has 1 aliphatic rings. The average molecular weight is 275 g/mol. The van der Waals surface area contributed by atoms with Gasteiger partial charge in [-0.15, -0.1) is 0 Å². The second-order valence-corrected chi connectivity index (χ2v) is 5.43. The number of piperidine rings is 1. The Morgan fingerprint density at radius 1 is 1.40 bits per heavy atom. The molecule has 2 rings (SSSR count). The van der Waals surface area contributed by atoms with Gasteiger partial charge < -0.3 is 10.2 Å². The summed E-state index contributed by atoms with van der Waals surface area (Å²) < 4.78 is 0. The molecule has 110 valence electrons. The van der Waals surface area contributed by atoms with Crippen LogP contribution in [0.4, 0.5) is 0 Å². The van der Waals surface area contributed by atoms with E-state index in [-0.39, 0.29) is 5.91 Å². The fourth-order valence-corrected chi connectivity index (χ4v) is 2.71. The Labute approximate surface area is 121 Å². The van der Waals surface area contributed by atoms with Crippen molar-refractivity contribution in [2.75, 3.05) is 19.6 Å². The van der Waals surface area contributed by atoms with Crippen LogP contribution in [-0.4, -0.2) is 41.5 Å². The molecule has 20 heavy (non-hydrogen) atoms. The van der Waals surface area contributed by atoms with E-state index in [1.54, 1.807) is 12.4 Å². The number of likely N-dealkylation sites (N-methyl/N-ethyl adjacent to an activating group) is 1. The standard InChI is InChI=1S/C16H25N3O/c1-2-19(13-15-5-3-4-10-18-15)16(20)7-6-14-8-11-17-12-9-14/h8-9,11-12,15,18H,2-7,10,13H2,1H3. The monoisotopic (exact) mass is 275 g/mol. The quantitative estimate of drug-likeness (QED) is 0.863. The molecule has 1 atom stereocenters. The van der Waals surface area contributed by atoms with Crippen molar-refractivity contribution in [3.05, 3.63) is 30.1 Å². The SMILES string of the molecule is CCN(CC1CCCCN1)C(=O)CCc1ccncc1. The van der Waals surface area contributed by atoms with Gasteiger partial charge >= 0.3 is 0 Å². The molecule has 0 saturated carbocycles. The summed E-state index contributed by atoms with van der Waals surface area (Å²) in [5.41, 5.74) is 1.18. The highest BCUT2D eigenvalue weighted by Crippen LogP contribution is 2.10. The molecule has 1 aromatic rings. The lowest BCUT2D eigenvalue weighted by Crippen LogP contribution is -2.45. The topological polar surface area (TPSA) is 45.2 Å². The van der Waals surface area contributed by atoms with E-state index in [4.69, 9.17) is 0 Å². The van der Waals surface area contributed by atoms with Crippen LogP contribution in [0.5, 0.6) is 0 Å². The number of pyridine rings is 1. The lowest BCUT2D eigenvalue weighted by Gasteiger charge is -2.30. The van der Waals surface area contributed by atoms with Crippen LogP contribution in [0, 0.1) is 0 Å². The van der Waals surface area contributed by atoms with Crippen molar-refractivity contribution < 1.29 is 4.79 Å². The van der Waals surface area contributed by atoms with Crippen molar-refractivity contribution in [3.63, 3.8) is 0 Å². The predicted octanol–water partition coefficient (Wildman–Crippen LogP) is 2.00. The third-order valence-corrected chi connectivity index (χ3v) is 3.96. The number of amides is 1. The molecular formula is C16H25N3O. The number of rotatable bonds is 6. The van der Waals surface area contributed by atoms with E-state index in [0.717, 1.165) is 26.1 Å². The van der Waals surface area contributed by atoms with Gasteiger partial charge in [0.25, 0.3) is 0 Å². The van der Waals surface area contributed by atoms with Crippen LogP contribution in [0.1, 0.15) is 38.2 Å². The fraction of sp³-hybridized carbons (Fsp3) is 0.625. The smallest absolute Gasteiger partial charge is 0.222 e. The molecule has 0 aromatic carbocycles. The zero-order valence-electron chi connectivity index (χ0n) is 12.3. The van der Waals surface area contributed by atoms with E-state index >= 15 is 0 Å². The number of carbonyl (C=O) groups is 1. The Morgan fingerprint density at radius 2 is 2.20 bits per heavy atom. The third-order valence-electron chi connectivity index (χ3n) is 3.96. The van der Waals surface area contributed by atoms with Gasteiger partial charge in [-0.2, -0.15) is 0 Å². The Balaban J connectivity index is 1.79. The summed E-state index contributed by atoms with van der Waals surface area (Å²) in [4.78, 5) is 18.3. The Bertz CT molecular complexity index is 401. The second-order valence-electron chi connectivity index (χ2n) is 5.43. The molecule has 1 saturated heterocycles. The molecule has 1 N–H and O–H groups in total. The second kappa shape index (κ2) is 8.00. The molecule has 0 radical (unpaired) electrons. The summed E-state index contributed by atoms with van der Waals surface area (Å²) in [7, 11) is 0. The van der Waals surface area contributed by atoms with Crippen molar-refractivity contribution in [2.45, 2.75) is 45.1 Å². The summed E-state index contributed by atoms with van der Waals surface area (Å²) in [5, 5.41) is 3.51. The molecule has 0 aliphatic carbocycles. The Kier molecular flexibility index (Phi) is 5.99. The van der Waals surface area contributed by atoms with Gasteiger partial charge in [0.1, 0.15) is 0 Å². The number of hydrogen-bond acceptors (Lipinski definition) is 3. The molecule has 1 amide bonds. The maximum absolute atomic E-state index is 12.3. The first-order chi connectivity index (χ1) is 9.79. The van der Waals surface area contributed by atoms with Gasteiger partial charge in [0.15, 0.2) is 0 Å². The first kappa shape index (κ1) is 15.0. The Hall–Kier alpha value is -1.42. The van der Waals surface area contributed by atoms with Gasteiger partial charge in [-0.1, -0.05) is 6.42 Å².